The van der Waals surface area contributed by atoms with Gasteiger partial charge in [0.1, 0.15) is 5.75 Å². The molecule has 0 bridgehead atoms. The zero-order valence-corrected chi connectivity index (χ0v) is 11.2. The maximum atomic E-state index is 5.58. The quantitative estimate of drug-likeness (QED) is 0.786. The van der Waals surface area contributed by atoms with Gasteiger partial charge in [0.15, 0.2) is 0 Å². The van der Waals surface area contributed by atoms with Gasteiger partial charge in [-0.2, -0.15) is 0 Å². The van der Waals surface area contributed by atoms with E-state index < -0.39 is 0 Å². The summed E-state index contributed by atoms with van der Waals surface area (Å²) in [6.07, 6.45) is 0. The standard InChI is InChI=1S/C15H21NO/c1-6-16-11(3)15(4,5)13-10-12(17-7-2)8-9-14(13)16/h8-10H,3,6-7H2,1-2,4-5H3. The maximum absolute atomic E-state index is 5.58. The van der Waals surface area contributed by atoms with Crippen LogP contribution in [0.15, 0.2) is 30.5 Å². The van der Waals surface area contributed by atoms with Crippen molar-refractivity contribution in [2.24, 2.45) is 0 Å². The number of ether oxygens (including phenoxy) is 1. The number of hydrogen-bond acceptors (Lipinski definition) is 2. The molecule has 0 amide bonds. The first-order valence-corrected chi connectivity index (χ1v) is 6.26. The highest BCUT2D eigenvalue weighted by molar-refractivity contribution is 5.71. The van der Waals surface area contributed by atoms with E-state index in [1.165, 1.54) is 16.9 Å². The zero-order chi connectivity index (χ0) is 12.6. The van der Waals surface area contributed by atoms with E-state index in [2.05, 4.69) is 44.4 Å². The van der Waals surface area contributed by atoms with Crippen LogP contribution in [0.25, 0.3) is 0 Å². The van der Waals surface area contributed by atoms with E-state index in [1.54, 1.807) is 0 Å². The topological polar surface area (TPSA) is 12.5 Å². The first kappa shape index (κ1) is 12.0. The van der Waals surface area contributed by atoms with E-state index in [-0.39, 0.29) is 5.41 Å². The van der Waals surface area contributed by atoms with E-state index in [4.69, 9.17) is 4.74 Å². The summed E-state index contributed by atoms with van der Waals surface area (Å²) in [5.41, 5.74) is 3.75. The van der Waals surface area contributed by atoms with E-state index in [0.29, 0.717) is 6.61 Å². The molecule has 1 heterocycles. The summed E-state index contributed by atoms with van der Waals surface area (Å²) in [7, 11) is 0. The molecule has 92 valence electrons. The van der Waals surface area contributed by atoms with Crippen LogP contribution in [0.5, 0.6) is 5.75 Å². The molecule has 0 aromatic heterocycles. The van der Waals surface area contributed by atoms with Gasteiger partial charge in [0, 0.05) is 23.3 Å². The summed E-state index contributed by atoms with van der Waals surface area (Å²) >= 11 is 0. The Kier molecular flexibility index (Phi) is 2.90. The third-order valence-corrected chi connectivity index (χ3v) is 3.61. The predicted octanol–water partition coefficient (Wildman–Crippen LogP) is 3.72. The Morgan fingerprint density at radius 3 is 2.59 bits per heavy atom. The fourth-order valence-corrected chi connectivity index (χ4v) is 2.51. The van der Waals surface area contributed by atoms with E-state index >= 15 is 0 Å². The second-order valence-corrected chi connectivity index (χ2v) is 4.93. The highest BCUT2D eigenvalue weighted by Crippen LogP contribution is 2.47. The molecule has 2 nitrogen and oxygen atoms in total. The lowest BCUT2D eigenvalue weighted by atomic mass is 9.84. The maximum Gasteiger partial charge on any atom is 0.119 e. The normalized spacial score (nSPS) is 17.2. The smallest absolute Gasteiger partial charge is 0.119 e. The van der Waals surface area contributed by atoms with Crippen molar-refractivity contribution in [3.63, 3.8) is 0 Å². The first-order valence-electron chi connectivity index (χ1n) is 6.26. The minimum Gasteiger partial charge on any atom is -0.494 e. The van der Waals surface area contributed by atoms with Crippen molar-refractivity contribution >= 4 is 5.69 Å². The Hall–Kier alpha value is -1.44. The van der Waals surface area contributed by atoms with Gasteiger partial charge in [0.2, 0.25) is 0 Å². The summed E-state index contributed by atoms with van der Waals surface area (Å²) in [6.45, 7) is 14.5. The van der Waals surface area contributed by atoms with Crippen LogP contribution in [-0.2, 0) is 5.41 Å². The average molecular weight is 231 g/mol. The van der Waals surface area contributed by atoms with Gasteiger partial charge in [-0.1, -0.05) is 20.4 Å². The van der Waals surface area contributed by atoms with Gasteiger partial charge in [0.25, 0.3) is 0 Å². The molecule has 1 aliphatic heterocycles. The molecule has 2 rings (SSSR count). The van der Waals surface area contributed by atoms with Crippen LogP contribution in [0.2, 0.25) is 0 Å². The van der Waals surface area contributed by atoms with Crippen LogP contribution in [0.3, 0.4) is 0 Å². The number of allylic oxidation sites excluding steroid dienone is 1. The number of anilines is 1. The Balaban J connectivity index is 2.51. The number of likely N-dealkylation sites (N-methyl/N-ethyl adjacent to an activating group) is 1. The van der Waals surface area contributed by atoms with Crippen molar-refractivity contribution in [3.05, 3.63) is 36.0 Å². The Labute approximate surface area is 104 Å². The van der Waals surface area contributed by atoms with E-state index in [0.717, 1.165) is 12.3 Å². The minimum atomic E-state index is -0.00153. The zero-order valence-electron chi connectivity index (χ0n) is 11.2. The van der Waals surface area contributed by atoms with Gasteiger partial charge < -0.3 is 9.64 Å². The van der Waals surface area contributed by atoms with Gasteiger partial charge in [-0.15, -0.1) is 0 Å². The Bertz CT molecular complexity index is 448. The third kappa shape index (κ3) is 1.72. The lowest BCUT2D eigenvalue weighted by Crippen LogP contribution is -2.24. The van der Waals surface area contributed by atoms with Crippen LogP contribution >= 0.6 is 0 Å². The van der Waals surface area contributed by atoms with Gasteiger partial charge in [0.05, 0.1) is 6.61 Å². The fraction of sp³-hybridized carbons (Fsp3) is 0.467. The molecule has 17 heavy (non-hydrogen) atoms. The molecule has 0 radical (unpaired) electrons. The Morgan fingerprint density at radius 1 is 1.29 bits per heavy atom. The summed E-state index contributed by atoms with van der Waals surface area (Å²) in [4.78, 5) is 2.28. The lowest BCUT2D eigenvalue weighted by molar-refractivity contribution is 0.339. The van der Waals surface area contributed by atoms with Crippen molar-refractivity contribution in [1.82, 2.24) is 0 Å². The van der Waals surface area contributed by atoms with Crippen LogP contribution in [0.1, 0.15) is 33.3 Å². The first-order chi connectivity index (χ1) is 8.02. The summed E-state index contributed by atoms with van der Waals surface area (Å²) in [5.74, 6) is 0.949. The van der Waals surface area contributed by atoms with Gasteiger partial charge in [-0.25, -0.2) is 0 Å². The molecule has 0 spiro atoms. The summed E-state index contributed by atoms with van der Waals surface area (Å²) < 4.78 is 5.58. The van der Waals surface area contributed by atoms with Crippen molar-refractivity contribution < 1.29 is 4.74 Å². The molecule has 1 aromatic carbocycles. The number of hydrogen-bond donors (Lipinski definition) is 0. The molecule has 0 saturated heterocycles. The molecule has 1 aliphatic rings. The highest BCUT2D eigenvalue weighted by Gasteiger charge is 2.38. The van der Waals surface area contributed by atoms with Crippen LogP contribution in [0, 0.1) is 0 Å². The molecular weight excluding hydrogens is 210 g/mol. The SMILES string of the molecule is C=C1N(CC)c2ccc(OCC)cc2C1(C)C. The minimum absolute atomic E-state index is 0.00153. The molecule has 0 N–H and O–H groups in total. The number of benzene rings is 1. The molecule has 0 unspecified atom stereocenters. The highest BCUT2D eigenvalue weighted by atomic mass is 16.5. The second-order valence-electron chi connectivity index (χ2n) is 4.93. The number of nitrogens with zero attached hydrogens (tertiary/aromatic N) is 1. The number of fused-ring (bicyclic) bond motifs is 1. The monoisotopic (exact) mass is 231 g/mol. The van der Waals surface area contributed by atoms with Crippen LogP contribution in [-0.4, -0.2) is 13.2 Å². The van der Waals surface area contributed by atoms with Gasteiger partial charge >= 0.3 is 0 Å². The summed E-state index contributed by atoms with van der Waals surface area (Å²) in [6, 6.07) is 6.34. The summed E-state index contributed by atoms with van der Waals surface area (Å²) in [5, 5.41) is 0. The fourth-order valence-electron chi connectivity index (χ4n) is 2.51. The van der Waals surface area contributed by atoms with Crippen LogP contribution in [0.4, 0.5) is 5.69 Å². The molecule has 1 aromatic rings. The average Bonchev–Trinajstić information content (AvgIpc) is 2.49. The molecule has 0 atom stereocenters. The predicted molar refractivity (Wildman–Crippen MR) is 72.8 cm³/mol. The third-order valence-electron chi connectivity index (χ3n) is 3.61. The lowest BCUT2D eigenvalue weighted by Gasteiger charge is -2.24. The van der Waals surface area contributed by atoms with Crippen molar-refractivity contribution in [3.8, 4) is 5.75 Å². The van der Waals surface area contributed by atoms with Crippen molar-refractivity contribution in [2.45, 2.75) is 33.1 Å². The van der Waals surface area contributed by atoms with Gasteiger partial charge in [-0.05, 0) is 37.6 Å². The van der Waals surface area contributed by atoms with Crippen LogP contribution < -0.4 is 9.64 Å². The van der Waals surface area contributed by atoms with Gasteiger partial charge in [-0.3, -0.25) is 0 Å². The van der Waals surface area contributed by atoms with Crippen molar-refractivity contribution in [1.29, 1.82) is 0 Å². The van der Waals surface area contributed by atoms with E-state index in [9.17, 15) is 0 Å². The molecular formula is C15H21NO. The van der Waals surface area contributed by atoms with E-state index in [1.807, 2.05) is 13.0 Å². The largest absolute Gasteiger partial charge is 0.494 e. The molecule has 0 fully saturated rings. The second kappa shape index (κ2) is 4.10. The molecule has 2 heteroatoms. The Morgan fingerprint density at radius 2 is 2.00 bits per heavy atom. The molecule has 0 saturated carbocycles. The number of rotatable bonds is 3. The van der Waals surface area contributed by atoms with Crippen molar-refractivity contribution in [2.75, 3.05) is 18.1 Å². The molecule has 0 aliphatic carbocycles.